The van der Waals surface area contributed by atoms with E-state index in [9.17, 15) is 10.1 Å². The normalized spacial score (nSPS) is 16.2. The molecule has 1 unspecified atom stereocenters. The molecule has 0 spiro atoms. The molecule has 0 bridgehead atoms. The highest BCUT2D eigenvalue weighted by Crippen LogP contribution is 2.38. The molecule has 0 amide bonds. The molecule has 1 saturated carbocycles. The highest BCUT2D eigenvalue weighted by molar-refractivity contribution is 5.69. The molecular formula is C10H16N6O2. The number of rotatable bonds is 5. The molecule has 2 rings (SSSR count). The minimum Gasteiger partial charge on any atom is -0.351 e. The number of hydrogen-bond acceptors (Lipinski definition) is 7. The molecule has 1 aliphatic carbocycles. The van der Waals surface area contributed by atoms with Gasteiger partial charge in [0.1, 0.15) is 6.33 Å². The van der Waals surface area contributed by atoms with Crippen LogP contribution in [0.15, 0.2) is 6.33 Å². The minimum absolute atomic E-state index is 0.0276. The molecule has 1 aliphatic rings. The van der Waals surface area contributed by atoms with E-state index in [2.05, 4.69) is 15.4 Å². The fourth-order valence-corrected chi connectivity index (χ4v) is 1.99. The van der Waals surface area contributed by atoms with Crippen LogP contribution in [0.1, 0.15) is 19.8 Å². The quantitative estimate of drug-likeness (QED) is 0.455. The van der Waals surface area contributed by atoms with Crippen molar-refractivity contribution in [1.82, 2.24) is 9.97 Å². The molecule has 1 atom stereocenters. The van der Waals surface area contributed by atoms with Crippen molar-refractivity contribution >= 4 is 17.3 Å². The van der Waals surface area contributed by atoms with Crippen LogP contribution in [0.5, 0.6) is 0 Å². The van der Waals surface area contributed by atoms with Gasteiger partial charge in [-0.25, -0.2) is 15.8 Å². The van der Waals surface area contributed by atoms with Crippen LogP contribution in [0.25, 0.3) is 0 Å². The maximum Gasteiger partial charge on any atom is 0.354 e. The van der Waals surface area contributed by atoms with Crippen molar-refractivity contribution in [2.24, 2.45) is 11.8 Å². The highest BCUT2D eigenvalue weighted by Gasteiger charge is 2.34. The van der Waals surface area contributed by atoms with Gasteiger partial charge in [-0.2, -0.15) is 0 Å². The largest absolute Gasteiger partial charge is 0.354 e. The van der Waals surface area contributed by atoms with Crippen LogP contribution in [0.4, 0.5) is 17.3 Å². The van der Waals surface area contributed by atoms with Crippen molar-refractivity contribution in [3.8, 4) is 0 Å². The molecule has 0 aromatic carbocycles. The van der Waals surface area contributed by atoms with Gasteiger partial charge in [-0.05, 0) is 25.7 Å². The summed E-state index contributed by atoms with van der Waals surface area (Å²) in [4.78, 5) is 20.2. The molecule has 1 fully saturated rings. The van der Waals surface area contributed by atoms with Crippen molar-refractivity contribution in [2.45, 2.75) is 25.8 Å². The van der Waals surface area contributed by atoms with E-state index in [1.54, 1.807) is 7.05 Å². The SMILES string of the molecule is CC(C1CC1)N(C)c1ncnc(NN)c1[N+](=O)[O-]. The Labute approximate surface area is 104 Å². The smallest absolute Gasteiger partial charge is 0.351 e. The second-order valence-corrected chi connectivity index (χ2v) is 4.48. The van der Waals surface area contributed by atoms with Crippen LogP contribution in [-0.2, 0) is 0 Å². The molecule has 1 aromatic heterocycles. The van der Waals surface area contributed by atoms with E-state index in [1.807, 2.05) is 11.8 Å². The molecule has 0 radical (unpaired) electrons. The predicted molar refractivity (Wildman–Crippen MR) is 67.1 cm³/mol. The van der Waals surface area contributed by atoms with Crippen molar-refractivity contribution in [3.63, 3.8) is 0 Å². The Morgan fingerprint density at radius 3 is 2.78 bits per heavy atom. The Bertz CT molecular complexity index is 462. The lowest BCUT2D eigenvalue weighted by Crippen LogP contribution is -2.32. The number of anilines is 2. The summed E-state index contributed by atoms with van der Waals surface area (Å²) in [5.74, 6) is 6.15. The lowest BCUT2D eigenvalue weighted by Gasteiger charge is -2.25. The van der Waals surface area contributed by atoms with Gasteiger partial charge < -0.3 is 10.3 Å². The molecule has 18 heavy (non-hydrogen) atoms. The number of aromatic nitrogens is 2. The topological polar surface area (TPSA) is 110 Å². The maximum absolute atomic E-state index is 11.1. The van der Waals surface area contributed by atoms with Crippen LogP contribution in [0.3, 0.4) is 0 Å². The molecular weight excluding hydrogens is 236 g/mol. The number of hydrazine groups is 1. The van der Waals surface area contributed by atoms with E-state index in [-0.39, 0.29) is 17.5 Å². The molecule has 0 saturated heterocycles. The van der Waals surface area contributed by atoms with Crippen molar-refractivity contribution in [2.75, 3.05) is 17.4 Å². The standard InChI is InChI=1S/C10H16N6O2/c1-6(7-3-4-7)15(2)10-8(16(17)18)9(14-11)12-5-13-10/h5-7H,3-4,11H2,1-2H3,(H,12,13,14). The summed E-state index contributed by atoms with van der Waals surface area (Å²) in [7, 11) is 1.80. The lowest BCUT2D eigenvalue weighted by molar-refractivity contribution is -0.383. The lowest BCUT2D eigenvalue weighted by atomic mass is 10.2. The first-order valence-electron chi connectivity index (χ1n) is 5.75. The first-order valence-corrected chi connectivity index (χ1v) is 5.75. The molecule has 3 N–H and O–H groups in total. The second kappa shape index (κ2) is 4.73. The van der Waals surface area contributed by atoms with Gasteiger partial charge in [-0.15, -0.1) is 0 Å². The van der Waals surface area contributed by atoms with E-state index in [0.29, 0.717) is 11.7 Å². The summed E-state index contributed by atoms with van der Waals surface area (Å²) in [5, 5.41) is 11.1. The molecule has 98 valence electrons. The number of nitrogens with zero attached hydrogens (tertiary/aromatic N) is 4. The molecule has 8 nitrogen and oxygen atoms in total. The van der Waals surface area contributed by atoms with Gasteiger partial charge >= 0.3 is 5.69 Å². The zero-order valence-corrected chi connectivity index (χ0v) is 10.3. The Morgan fingerprint density at radius 2 is 2.28 bits per heavy atom. The second-order valence-electron chi connectivity index (χ2n) is 4.48. The van der Waals surface area contributed by atoms with Crippen LogP contribution < -0.4 is 16.2 Å². The number of hydrogen-bond donors (Lipinski definition) is 2. The van der Waals surface area contributed by atoms with Gasteiger partial charge in [-0.3, -0.25) is 10.1 Å². The third-order valence-corrected chi connectivity index (χ3v) is 3.37. The third kappa shape index (κ3) is 2.19. The van der Waals surface area contributed by atoms with E-state index in [1.165, 1.54) is 6.33 Å². The Kier molecular flexibility index (Phi) is 3.28. The summed E-state index contributed by atoms with van der Waals surface area (Å²) in [6.45, 7) is 2.04. The van der Waals surface area contributed by atoms with Crippen molar-refractivity contribution in [1.29, 1.82) is 0 Å². The van der Waals surface area contributed by atoms with E-state index >= 15 is 0 Å². The Morgan fingerprint density at radius 1 is 1.61 bits per heavy atom. The van der Waals surface area contributed by atoms with Crippen LogP contribution in [-0.4, -0.2) is 28.0 Å². The van der Waals surface area contributed by atoms with E-state index in [0.717, 1.165) is 12.8 Å². The molecule has 8 heteroatoms. The minimum atomic E-state index is -0.513. The highest BCUT2D eigenvalue weighted by atomic mass is 16.6. The molecule has 0 aliphatic heterocycles. The Balaban J connectivity index is 2.39. The molecule has 1 heterocycles. The monoisotopic (exact) mass is 252 g/mol. The summed E-state index contributed by atoms with van der Waals surface area (Å²) >= 11 is 0. The fourth-order valence-electron chi connectivity index (χ4n) is 1.99. The number of nitrogens with two attached hydrogens (primary N) is 1. The van der Waals surface area contributed by atoms with Gasteiger partial charge in [0.05, 0.1) is 4.92 Å². The van der Waals surface area contributed by atoms with Gasteiger partial charge in [0, 0.05) is 13.1 Å². The summed E-state index contributed by atoms with van der Waals surface area (Å²) in [6, 6.07) is 0.212. The van der Waals surface area contributed by atoms with Gasteiger partial charge in [0.2, 0.25) is 11.6 Å². The van der Waals surface area contributed by atoms with Crippen molar-refractivity contribution < 1.29 is 4.92 Å². The van der Waals surface area contributed by atoms with E-state index < -0.39 is 4.92 Å². The maximum atomic E-state index is 11.1. The third-order valence-electron chi connectivity index (χ3n) is 3.37. The predicted octanol–water partition coefficient (Wildman–Crippen LogP) is 0.905. The number of nitro groups is 1. The summed E-state index contributed by atoms with van der Waals surface area (Å²) in [6.07, 6.45) is 3.59. The fraction of sp³-hybridized carbons (Fsp3) is 0.600. The van der Waals surface area contributed by atoms with Gasteiger partial charge in [0.15, 0.2) is 0 Å². The average molecular weight is 252 g/mol. The van der Waals surface area contributed by atoms with E-state index in [4.69, 9.17) is 5.84 Å². The van der Waals surface area contributed by atoms with Crippen LogP contribution >= 0.6 is 0 Å². The zero-order valence-electron chi connectivity index (χ0n) is 10.3. The Hall–Kier alpha value is -1.96. The summed E-state index contributed by atoms with van der Waals surface area (Å²) < 4.78 is 0. The van der Waals surface area contributed by atoms with Crippen molar-refractivity contribution in [3.05, 3.63) is 16.4 Å². The number of nitrogen functional groups attached to an aromatic ring is 1. The van der Waals surface area contributed by atoms with Gasteiger partial charge in [-0.1, -0.05) is 0 Å². The van der Waals surface area contributed by atoms with Gasteiger partial charge in [0.25, 0.3) is 0 Å². The van der Waals surface area contributed by atoms with Crippen LogP contribution in [0, 0.1) is 16.0 Å². The number of nitrogens with one attached hydrogen (secondary N) is 1. The first-order chi connectivity index (χ1) is 8.56. The molecule has 1 aromatic rings. The summed E-state index contributed by atoms with van der Waals surface area (Å²) in [5.41, 5.74) is 2.05. The van der Waals surface area contributed by atoms with Crippen LogP contribution in [0.2, 0.25) is 0 Å². The average Bonchev–Trinajstić information content (AvgIpc) is 3.20. The first kappa shape index (κ1) is 12.5. The zero-order chi connectivity index (χ0) is 13.3.